The molecule has 8 heteroatoms. The molecule has 0 aliphatic rings. The maximum atomic E-state index is 13.3. The summed E-state index contributed by atoms with van der Waals surface area (Å²) < 4.78 is 55.4. The van der Waals surface area contributed by atoms with Gasteiger partial charge in [0.05, 0.1) is 35.0 Å². The van der Waals surface area contributed by atoms with Crippen LogP contribution in [0.2, 0.25) is 0 Å². The number of hydrogen-bond donors (Lipinski definition) is 0. The first-order valence-electron chi connectivity index (χ1n) is 9.35. The van der Waals surface area contributed by atoms with Crippen molar-refractivity contribution in [3.8, 4) is 28.2 Å². The van der Waals surface area contributed by atoms with E-state index in [-0.39, 0.29) is 5.82 Å². The van der Waals surface area contributed by atoms with E-state index in [1.165, 1.54) is 24.3 Å². The van der Waals surface area contributed by atoms with E-state index in [0.29, 0.717) is 17.0 Å². The largest absolute Gasteiger partial charge is 0.416 e. The summed E-state index contributed by atoms with van der Waals surface area (Å²) in [5.74, 6) is -0.321. The van der Waals surface area contributed by atoms with Gasteiger partial charge in [0, 0.05) is 17.3 Å². The van der Waals surface area contributed by atoms with Crippen molar-refractivity contribution < 1.29 is 17.6 Å². The Morgan fingerprint density at radius 1 is 0.742 bits per heavy atom. The van der Waals surface area contributed by atoms with E-state index < -0.39 is 11.7 Å². The van der Waals surface area contributed by atoms with E-state index in [1.807, 2.05) is 22.7 Å². The number of benzene rings is 2. The summed E-state index contributed by atoms with van der Waals surface area (Å²) in [6, 6.07) is 16.5. The van der Waals surface area contributed by atoms with Crippen LogP contribution in [0.25, 0.3) is 33.8 Å². The average Bonchev–Trinajstić information content (AvgIpc) is 3.41. The third-order valence-electron chi connectivity index (χ3n) is 5.02. The number of imidazole rings is 1. The van der Waals surface area contributed by atoms with Gasteiger partial charge >= 0.3 is 6.18 Å². The SMILES string of the molecule is Fc1ccc(-c2cnc3ccc(-c4ccnn4-c4ccc(C(F)(F)F)cc4)cn23)cc1. The Morgan fingerprint density at radius 2 is 1.45 bits per heavy atom. The maximum absolute atomic E-state index is 13.3. The van der Waals surface area contributed by atoms with Crippen molar-refractivity contribution in [2.45, 2.75) is 6.18 Å². The molecular weight excluding hydrogens is 408 g/mol. The molecule has 3 aromatic heterocycles. The fourth-order valence-electron chi connectivity index (χ4n) is 3.49. The number of halogens is 4. The van der Waals surface area contributed by atoms with Crippen LogP contribution >= 0.6 is 0 Å². The molecule has 0 spiro atoms. The van der Waals surface area contributed by atoms with E-state index in [0.717, 1.165) is 29.0 Å². The van der Waals surface area contributed by atoms with Crippen molar-refractivity contribution >= 4 is 5.65 Å². The van der Waals surface area contributed by atoms with Crippen molar-refractivity contribution in [1.29, 1.82) is 0 Å². The highest BCUT2D eigenvalue weighted by atomic mass is 19.4. The van der Waals surface area contributed by atoms with Gasteiger partial charge in [-0.2, -0.15) is 18.3 Å². The number of fused-ring (bicyclic) bond motifs is 1. The lowest BCUT2D eigenvalue weighted by atomic mass is 10.1. The molecule has 154 valence electrons. The smallest absolute Gasteiger partial charge is 0.299 e. The van der Waals surface area contributed by atoms with Gasteiger partial charge in [0.15, 0.2) is 0 Å². The Hall–Kier alpha value is -3.94. The minimum Gasteiger partial charge on any atom is -0.299 e. The Kier molecular flexibility index (Phi) is 4.35. The summed E-state index contributed by atoms with van der Waals surface area (Å²) in [7, 11) is 0. The van der Waals surface area contributed by atoms with Gasteiger partial charge in [-0.3, -0.25) is 4.40 Å². The number of alkyl halides is 3. The zero-order chi connectivity index (χ0) is 21.6. The molecule has 0 unspecified atom stereocenters. The van der Waals surface area contributed by atoms with Crippen LogP contribution in [-0.2, 0) is 6.18 Å². The second kappa shape index (κ2) is 7.09. The van der Waals surface area contributed by atoms with Crippen LogP contribution in [0.3, 0.4) is 0 Å². The third-order valence-corrected chi connectivity index (χ3v) is 5.02. The summed E-state index contributed by atoms with van der Waals surface area (Å²) >= 11 is 0. The van der Waals surface area contributed by atoms with E-state index in [1.54, 1.807) is 35.3 Å². The van der Waals surface area contributed by atoms with Gasteiger partial charge in [0.1, 0.15) is 11.5 Å². The molecule has 0 atom stereocenters. The van der Waals surface area contributed by atoms with Gasteiger partial charge in [-0.15, -0.1) is 0 Å². The van der Waals surface area contributed by atoms with Crippen molar-refractivity contribution in [2.24, 2.45) is 0 Å². The molecule has 3 heterocycles. The lowest BCUT2D eigenvalue weighted by molar-refractivity contribution is -0.137. The number of pyridine rings is 1. The van der Waals surface area contributed by atoms with Crippen LogP contribution in [0.5, 0.6) is 0 Å². The second-order valence-electron chi connectivity index (χ2n) is 6.97. The molecule has 2 aromatic carbocycles. The molecule has 0 fully saturated rings. The van der Waals surface area contributed by atoms with Crippen LogP contribution in [0.15, 0.2) is 85.3 Å². The predicted octanol–water partition coefficient (Wildman–Crippen LogP) is 6.01. The van der Waals surface area contributed by atoms with E-state index in [4.69, 9.17) is 0 Å². The maximum Gasteiger partial charge on any atom is 0.416 e. The van der Waals surface area contributed by atoms with Gasteiger partial charge in [0.2, 0.25) is 0 Å². The Balaban J connectivity index is 1.57. The molecule has 5 aromatic rings. The Labute approximate surface area is 174 Å². The molecule has 0 N–H and O–H groups in total. The van der Waals surface area contributed by atoms with Crippen molar-refractivity contribution in [2.75, 3.05) is 0 Å². The molecule has 0 radical (unpaired) electrons. The zero-order valence-electron chi connectivity index (χ0n) is 15.9. The molecule has 4 nitrogen and oxygen atoms in total. The predicted molar refractivity (Wildman–Crippen MR) is 108 cm³/mol. The van der Waals surface area contributed by atoms with Gasteiger partial charge in [-0.1, -0.05) is 0 Å². The Bertz CT molecular complexity index is 1360. The zero-order valence-corrected chi connectivity index (χ0v) is 15.9. The monoisotopic (exact) mass is 422 g/mol. The standard InChI is InChI=1S/C23H14F4N4/c24-18-6-1-15(2-7-18)21-13-28-22-10-3-16(14-30(21)22)20-11-12-29-31(20)19-8-4-17(5-9-19)23(25,26)27/h1-14H. The lowest BCUT2D eigenvalue weighted by Gasteiger charge is -2.11. The summed E-state index contributed by atoms with van der Waals surface area (Å²) in [5.41, 5.74) is 3.61. The molecular formula is C23H14F4N4. The second-order valence-corrected chi connectivity index (χ2v) is 6.97. The first kappa shape index (κ1) is 19.0. The summed E-state index contributed by atoms with van der Waals surface area (Å²) in [6.45, 7) is 0. The van der Waals surface area contributed by atoms with Gasteiger partial charge in [-0.25, -0.2) is 14.1 Å². The minimum atomic E-state index is -4.39. The molecule has 0 saturated carbocycles. The quantitative estimate of drug-likeness (QED) is 0.334. The molecule has 0 bridgehead atoms. The normalized spacial score (nSPS) is 11.9. The highest BCUT2D eigenvalue weighted by Crippen LogP contribution is 2.31. The summed E-state index contributed by atoms with van der Waals surface area (Å²) in [6.07, 6.45) is 0.777. The van der Waals surface area contributed by atoms with Crippen LogP contribution in [0.4, 0.5) is 17.6 Å². The van der Waals surface area contributed by atoms with Gasteiger partial charge < -0.3 is 0 Å². The van der Waals surface area contributed by atoms with Crippen LogP contribution in [0.1, 0.15) is 5.56 Å². The van der Waals surface area contributed by atoms with Gasteiger partial charge in [0.25, 0.3) is 0 Å². The van der Waals surface area contributed by atoms with Crippen molar-refractivity contribution in [3.05, 3.63) is 96.7 Å². The molecule has 31 heavy (non-hydrogen) atoms. The third kappa shape index (κ3) is 3.46. The fourth-order valence-corrected chi connectivity index (χ4v) is 3.49. The highest BCUT2D eigenvalue weighted by Gasteiger charge is 2.30. The fraction of sp³-hybridized carbons (Fsp3) is 0.0435. The summed E-state index contributed by atoms with van der Waals surface area (Å²) in [5, 5.41) is 4.28. The van der Waals surface area contributed by atoms with E-state index in [2.05, 4.69) is 10.1 Å². The van der Waals surface area contributed by atoms with Crippen LogP contribution in [-0.4, -0.2) is 19.2 Å². The van der Waals surface area contributed by atoms with E-state index in [9.17, 15) is 17.6 Å². The molecule has 5 rings (SSSR count). The molecule has 0 amide bonds. The van der Waals surface area contributed by atoms with Gasteiger partial charge in [-0.05, 0) is 66.7 Å². The number of nitrogens with zero attached hydrogens (tertiary/aromatic N) is 4. The minimum absolute atomic E-state index is 0.321. The average molecular weight is 422 g/mol. The lowest BCUT2D eigenvalue weighted by Crippen LogP contribution is -2.06. The molecule has 0 aliphatic heterocycles. The topological polar surface area (TPSA) is 35.1 Å². The highest BCUT2D eigenvalue weighted by molar-refractivity contribution is 5.68. The van der Waals surface area contributed by atoms with Crippen molar-refractivity contribution in [1.82, 2.24) is 19.2 Å². The number of rotatable bonds is 3. The number of aromatic nitrogens is 4. The van der Waals surface area contributed by atoms with Crippen molar-refractivity contribution in [3.63, 3.8) is 0 Å². The molecule has 0 saturated heterocycles. The summed E-state index contributed by atoms with van der Waals surface area (Å²) in [4.78, 5) is 4.39. The first-order valence-corrected chi connectivity index (χ1v) is 9.35. The molecule has 0 aliphatic carbocycles. The van der Waals surface area contributed by atoms with Crippen LogP contribution in [0, 0.1) is 5.82 Å². The van der Waals surface area contributed by atoms with E-state index >= 15 is 0 Å². The Morgan fingerprint density at radius 3 is 2.16 bits per heavy atom. The number of hydrogen-bond acceptors (Lipinski definition) is 2. The first-order chi connectivity index (χ1) is 14.9. The van der Waals surface area contributed by atoms with Crippen LogP contribution < -0.4 is 0 Å².